The smallest absolute Gasteiger partial charge is 0.469 e. The van der Waals surface area contributed by atoms with Gasteiger partial charge in [-0.3, -0.25) is 14.4 Å². The minimum absolute atomic E-state index is 0. The van der Waals surface area contributed by atoms with Gasteiger partial charge in [0, 0.05) is 83.1 Å². The summed E-state index contributed by atoms with van der Waals surface area (Å²) in [4.78, 5) is 97.6. The number of benzene rings is 2. The van der Waals surface area contributed by atoms with Gasteiger partial charge in [-0.1, -0.05) is 97.8 Å². The van der Waals surface area contributed by atoms with E-state index in [0.717, 1.165) is 30.3 Å². The Hall–Kier alpha value is -5.93. The standard InChI is InChI=1S/C14H17NO3.C13H17NO2.C10H19NO3.C10H17NO3.C10H18O5.5CH4.H2S/c1-10(11-6-4-3-5-7-11)15-9-12(8-13(15)16)14(17)18-2;1-10(12-5-3-2-4-6-12)14-8-11(9-15)7-13(14)16;2*1-10(2,3)14-9(13)11-5-4-8(6-11)7-12;1-9(2,3)14-7(11)13-8(12)15-10(4,5)6;;;;;;/h3-7,10,12H,8-9H2,1-2H3;2-6,10-11,15H,7-9H2,1H3;8,12H,4-7H2,1-3H3;7-8H,4-6H2,1-3H3;1-6H3;5*1H4;1H2/t10-,12-;10-,11-;2*8-;;;;;;;/m0000......./s1. The quantitative estimate of drug-likeness (QED) is 0.108. The number of rotatable bonds is 8. The predicted molar refractivity (Wildman–Crippen MR) is 331 cm³/mol. The number of nitrogens with zero attached hydrogens (tertiary/aromatic N) is 4. The molecule has 4 heterocycles. The van der Waals surface area contributed by atoms with E-state index in [1.807, 2.05) is 121 Å². The van der Waals surface area contributed by atoms with Crippen LogP contribution in [0.1, 0.15) is 183 Å². The van der Waals surface area contributed by atoms with Crippen LogP contribution in [0.5, 0.6) is 0 Å². The van der Waals surface area contributed by atoms with Crippen molar-refractivity contribution in [3.63, 3.8) is 0 Å². The number of carbonyl (C=O) groups is 8. The second-order valence-corrected chi connectivity index (χ2v) is 23.3. The van der Waals surface area contributed by atoms with Gasteiger partial charge in [0.15, 0.2) is 0 Å². The largest absolute Gasteiger partial charge is 0.519 e. The van der Waals surface area contributed by atoms with Gasteiger partial charge in [-0.15, -0.1) is 0 Å². The maximum Gasteiger partial charge on any atom is 0.519 e. The summed E-state index contributed by atoms with van der Waals surface area (Å²) in [5.41, 5.74) is -0.0612. The molecule has 2 N–H and O–H groups in total. The minimum Gasteiger partial charge on any atom is -0.469 e. The van der Waals surface area contributed by atoms with E-state index in [1.165, 1.54) is 7.11 Å². The molecule has 2 aromatic rings. The molecule has 4 amide bonds. The highest BCUT2D eigenvalue weighted by Gasteiger charge is 2.38. The fourth-order valence-corrected chi connectivity index (χ4v) is 8.03. The lowest BCUT2D eigenvalue weighted by Gasteiger charge is -2.25. The van der Waals surface area contributed by atoms with Crippen molar-refractivity contribution in [3.05, 3.63) is 71.8 Å². The Morgan fingerprint density at radius 3 is 1.27 bits per heavy atom. The summed E-state index contributed by atoms with van der Waals surface area (Å²) in [6.07, 6.45) is 0.559. The molecule has 6 atom stereocenters. The first kappa shape index (κ1) is 85.9. The number of methoxy groups -OCH3 is 1. The van der Waals surface area contributed by atoms with Crippen molar-refractivity contribution in [3.8, 4) is 0 Å². The fraction of sp³-hybridized carbons (Fsp3) is 0.677. The van der Waals surface area contributed by atoms with Crippen LogP contribution in [0.3, 0.4) is 0 Å². The average molecular weight is 1200 g/mol. The van der Waals surface area contributed by atoms with E-state index in [9.17, 15) is 38.4 Å². The molecule has 6 rings (SSSR count). The number of esters is 1. The third-order valence-corrected chi connectivity index (χ3v) is 11.9. The monoisotopic (exact) mass is 1200 g/mol. The van der Waals surface area contributed by atoms with Gasteiger partial charge in [-0.05, 0) is 121 Å². The highest BCUT2D eigenvalue weighted by molar-refractivity contribution is 7.59. The van der Waals surface area contributed by atoms with Gasteiger partial charge in [0.1, 0.15) is 28.7 Å². The molecular formula is C62H110N4O16S. The van der Waals surface area contributed by atoms with Gasteiger partial charge in [-0.2, -0.15) is 13.5 Å². The molecule has 4 saturated heterocycles. The van der Waals surface area contributed by atoms with Crippen molar-refractivity contribution in [2.45, 2.75) is 194 Å². The lowest BCUT2D eigenvalue weighted by atomic mass is 10.1. The summed E-state index contributed by atoms with van der Waals surface area (Å²) in [5.74, 6) is -0.138. The summed E-state index contributed by atoms with van der Waals surface area (Å²) in [6.45, 7) is 28.9. The van der Waals surface area contributed by atoms with Crippen LogP contribution in [0, 0.1) is 23.7 Å². The third kappa shape index (κ3) is 33.2. The van der Waals surface area contributed by atoms with Crippen molar-refractivity contribution in [2.24, 2.45) is 23.7 Å². The Bertz CT molecular complexity index is 2180. The highest BCUT2D eigenvalue weighted by atomic mass is 32.1. The molecule has 2 aromatic carbocycles. The molecule has 4 aliphatic rings. The molecule has 0 radical (unpaired) electrons. The summed E-state index contributed by atoms with van der Waals surface area (Å²) >= 11 is 0. The van der Waals surface area contributed by atoms with Crippen molar-refractivity contribution in [2.75, 3.05) is 59.6 Å². The lowest BCUT2D eigenvalue weighted by molar-refractivity contribution is -0.145. The Balaban J connectivity index is -0.000000301. The number of aliphatic hydroxyl groups is 2. The van der Waals surface area contributed by atoms with Crippen LogP contribution < -0.4 is 0 Å². The predicted octanol–water partition coefficient (Wildman–Crippen LogP) is 12.2. The number of aldehydes is 1. The minimum atomic E-state index is -1.06. The molecule has 4 aliphatic heterocycles. The number of ether oxygens (including phenoxy) is 6. The number of hydrogen-bond acceptors (Lipinski definition) is 16. The number of carbonyl (C=O) groups excluding carboxylic acids is 8. The van der Waals surface area contributed by atoms with Gasteiger partial charge < -0.3 is 63.0 Å². The molecule has 0 saturated carbocycles. The molecule has 480 valence electrons. The average Bonchev–Trinajstić information content (AvgIpc) is 4.17. The third-order valence-electron chi connectivity index (χ3n) is 11.9. The molecule has 4 fully saturated rings. The molecule has 21 heteroatoms. The van der Waals surface area contributed by atoms with Gasteiger partial charge in [0.05, 0.1) is 25.1 Å². The molecule has 83 heavy (non-hydrogen) atoms. The highest BCUT2D eigenvalue weighted by Crippen LogP contribution is 2.30. The Morgan fingerprint density at radius 2 is 0.928 bits per heavy atom. The van der Waals surface area contributed by atoms with Crippen molar-refractivity contribution >= 4 is 62.1 Å². The number of aliphatic hydroxyl groups excluding tert-OH is 2. The van der Waals surface area contributed by atoms with Crippen LogP contribution in [-0.2, 0) is 47.6 Å². The zero-order valence-electron chi connectivity index (χ0n) is 48.7. The Kier molecular flexibility index (Phi) is 40.9. The SMILES string of the molecule is C.C.C.C.C.CC(C)(C)OC(=O)N1CC[C@H](C=O)C1.CC(C)(C)OC(=O)N1CC[C@H](CO)C1.CC(C)(C)OC(=O)OC(=O)OC(C)(C)C.COC(=O)[C@H]1CC(=O)N([C@@H](C)c2ccccc2)C1.C[C@@H](c1ccccc1)N1C[C@@H](CO)CC1=O.S. The van der Waals surface area contributed by atoms with E-state index in [2.05, 4.69) is 4.74 Å². The second kappa shape index (κ2) is 39.6. The van der Waals surface area contributed by atoms with E-state index in [1.54, 1.807) is 56.2 Å². The zero-order valence-corrected chi connectivity index (χ0v) is 49.7. The van der Waals surface area contributed by atoms with Crippen molar-refractivity contribution in [1.82, 2.24) is 19.6 Å². The van der Waals surface area contributed by atoms with Gasteiger partial charge >= 0.3 is 30.5 Å². The molecule has 0 aliphatic carbocycles. The van der Waals surface area contributed by atoms with Crippen LogP contribution in [-0.4, -0.2) is 160 Å². The van der Waals surface area contributed by atoms with Crippen LogP contribution in [0.15, 0.2) is 60.7 Å². The first-order valence-electron chi connectivity index (χ1n) is 26.2. The molecular weight excluding hydrogens is 1090 g/mol. The van der Waals surface area contributed by atoms with Crippen LogP contribution in [0.25, 0.3) is 0 Å². The van der Waals surface area contributed by atoms with Crippen molar-refractivity contribution < 1.29 is 77.0 Å². The van der Waals surface area contributed by atoms with E-state index in [0.29, 0.717) is 45.7 Å². The molecule has 0 bridgehead atoms. The number of hydrogen-bond donors (Lipinski definition) is 2. The molecule has 0 unspecified atom stereocenters. The first-order valence-corrected chi connectivity index (χ1v) is 26.2. The van der Waals surface area contributed by atoms with Gasteiger partial charge in [0.25, 0.3) is 0 Å². The Labute approximate surface area is 506 Å². The summed E-state index contributed by atoms with van der Waals surface area (Å²) < 4.78 is 28.9. The summed E-state index contributed by atoms with van der Waals surface area (Å²) in [6, 6.07) is 19.9. The lowest BCUT2D eigenvalue weighted by Crippen LogP contribution is -2.35. The molecule has 0 spiro atoms. The summed E-state index contributed by atoms with van der Waals surface area (Å²) in [5, 5.41) is 18.0. The molecule has 20 nitrogen and oxygen atoms in total. The second-order valence-electron chi connectivity index (χ2n) is 23.3. The van der Waals surface area contributed by atoms with E-state index < -0.39 is 34.7 Å². The van der Waals surface area contributed by atoms with E-state index >= 15 is 0 Å². The number of amides is 4. The van der Waals surface area contributed by atoms with Crippen LogP contribution in [0.4, 0.5) is 19.2 Å². The number of likely N-dealkylation sites (tertiary alicyclic amines) is 4. The topological polar surface area (TPSA) is 245 Å². The zero-order chi connectivity index (χ0) is 58.5. The van der Waals surface area contributed by atoms with Gasteiger partial charge in [0.2, 0.25) is 11.8 Å². The van der Waals surface area contributed by atoms with Gasteiger partial charge in [-0.25, -0.2) is 19.2 Å². The van der Waals surface area contributed by atoms with Crippen LogP contribution >= 0.6 is 13.5 Å². The summed E-state index contributed by atoms with van der Waals surface area (Å²) in [7, 11) is 1.36. The normalized spacial score (nSPS) is 18.6. The molecule has 0 aromatic heterocycles. The first-order chi connectivity index (χ1) is 35.7. The maximum absolute atomic E-state index is 11.9. The van der Waals surface area contributed by atoms with Crippen LogP contribution in [0.2, 0.25) is 0 Å². The van der Waals surface area contributed by atoms with Crippen molar-refractivity contribution in [1.29, 1.82) is 0 Å². The maximum atomic E-state index is 11.9. The van der Waals surface area contributed by atoms with E-state index in [4.69, 9.17) is 33.9 Å². The van der Waals surface area contributed by atoms with E-state index in [-0.39, 0.29) is 136 Å². The fourth-order valence-electron chi connectivity index (χ4n) is 8.03. The Morgan fingerprint density at radius 1 is 0.554 bits per heavy atom.